The van der Waals surface area contributed by atoms with Crippen LogP contribution in [-0.4, -0.2) is 23.0 Å². The molecule has 1 aliphatic carbocycles. The molecule has 1 fully saturated rings. The van der Waals surface area contributed by atoms with Crippen molar-refractivity contribution in [1.29, 1.82) is 0 Å². The van der Waals surface area contributed by atoms with Crippen molar-refractivity contribution >= 4 is 11.9 Å². The van der Waals surface area contributed by atoms with Gasteiger partial charge in [0, 0.05) is 20.6 Å². The van der Waals surface area contributed by atoms with Crippen LogP contribution in [0.1, 0.15) is 54.5 Å². The number of benzene rings is 1. The summed E-state index contributed by atoms with van der Waals surface area (Å²) in [5.41, 5.74) is 0.595. The van der Waals surface area contributed by atoms with Crippen LogP contribution in [0.15, 0.2) is 30.3 Å². The van der Waals surface area contributed by atoms with Gasteiger partial charge in [-0.25, -0.2) is 4.79 Å². The molecule has 2 N–H and O–H groups in total. The molecule has 1 atom stereocenters. The van der Waals surface area contributed by atoms with E-state index in [4.69, 9.17) is 9.60 Å². The lowest BCUT2D eigenvalue weighted by Crippen LogP contribution is -2.45. The Hall–Kier alpha value is -1.84. The summed E-state index contributed by atoms with van der Waals surface area (Å²) in [6.45, 7) is -5.25. The lowest BCUT2D eigenvalue weighted by atomic mass is 9.76. The topological polar surface area (TPSA) is 66.4 Å². The highest BCUT2D eigenvalue weighted by Gasteiger charge is 2.30. The molecule has 1 unspecified atom stereocenters. The summed E-state index contributed by atoms with van der Waals surface area (Å²) in [6, 6.07) is 6.31. The number of aliphatic carboxylic acids is 1. The first-order valence-electron chi connectivity index (χ1n) is 11.3. The van der Waals surface area contributed by atoms with Crippen LogP contribution in [0.2, 0.25) is 0 Å². The highest BCUT2D eigenvalue weighted by atomic mass is 16.4. The van der Waals surface area contributed by atoms with E-state index < -0.39 is 49.4 Å². The fourth-order valence-electron chi connectivity index (χ4n) is 2.94. The van der Waals surface area contributed by atoms with Crippen LogP contribution < -0.4 is 5.32 Å². The molecule has 4 nitrogen and oxygen atoms in total. The molecular weight excluding hydrogens is 290 g/mol. The zero-order chi connectivity index (χ0) is 22.7. The standard InChI is InChI=1S/C19H27NO3/c1-13(2)15-8-10-16(11-9-15)18(21)20-17(19(22)23)12-14-6-4-3-5-7-14/h3-7,13,15-17H,8-12H2,1-2H3,(H,20,21)(H,22,23)/t15-,16-,17?/i1D3,2D3,17D. The number of hydrogen-bond acceptors (Lipinski definition) is 2. The highest BCUT2D eigenvalue weighted by molar-refractivity contribution is 5.85. The van der Waals surface area contributed by atoms with Crippen molar-refractivity contribution < 1.29 is 24.3 Å². The fraction of sp³-hybridized carbons (Fsp3) is 0.579. The zero-order valence-electron chi connectivity index (χ0n) is 19.9. The average Bonchev–Trinajstić information content (AvgIpc) is 2.60. The number of carboxylic acid groups (broad SMARTS) is 1. The maximum absolute atomic E-state index is 12.7. The summed E-state index contributed by atoms with van der Waals surface area (Å²) in [5.74, 6) is -4.67. The third-order valence-corrected chi connectivity index (χ3v) is 4.37. The summed E-state index contributed by atoms with van der Waals surface area (Å²) in [6.07, 6.45) is 0.789. The molecule has 4 heteroatoms. The van der Waals surface area contributed by atoms with E-state index >= 15 is 0 Å². The van der Waals surface area contributed by atoms with Crippen molar-refractivity contribution in [1.82, 2.24) is 5.32 Å². The zero-order valence-corrected chi connectivity index (χ0v) is 12.9. The number of carboxylic acids is 1. The lowest BCUT2D eigenvalue weighted by Gasteiger charge is -2.30. The Labute approximate surface area is 148 Å². The summed E-state index contributed by atoms with van der Waals surface area (Å²) < 4.78 is 53.8. The first-order valence-corrected chi connectivity index (χ1v) is 7.83. The van der Waals surface area contributed by atoms with Crippen LogP contribution in [-0.2, 0) is 16.0 Å². The third-order valence-electron chi connectivity index (χ3n) is 4.37. The van der Waals surface area contributed by atoms with Gasteiger partial charge in [-0.15, -0.1) is 0 Å². The third kappa shape index (κ3) is 5.08. The molecule has 0 aliphatic heterocycles. The molecule has 23 heavy (non-hydrogen) atoms. The van der Waals surface area contributed by atoms with E-state index in [9.17, 15) is 14.7 Å². The monoisotopic (exact) mass is 324 g/mol. The second-order valence-electron chi connectivity index (χ2n) is 6.02. The predicted octanol–water partition coefficient (Wildman–Crippen LogP) is 3.26. The molecule has 1 aromatic carbocycles. The molecule has 0 radical (unpaired) electrons. The predicted molar refractivity (Wildman–Crippen MR) is 90.0 cm³/mol. The van der Waals surface area contributed by atoms with Crippen LogP contribution in [0.4, 0.5) is 0 Å². The van der Waals surface area contributed by atoms with Crippen LogP contribution in [0.25, 0.3) is 0 Å². The normalized spacial score (nSPS) is 29.5. The van der Waals surface area contributed by atoms with Crippen molar-refractivity contribution in [2.45, 2.75) is 51.8 Å². The van der Waals surface area contributed by atoms with E-state index in [2.05, 4.69) is 5.32 Å². The minimum atomic E-state index is -2.62. The Morgan fingerprint density at radius 1 is 1.26 bits per heavy atom. The van der Waals surface area contributed by atoms with Gasteiger partial charge in [0.1, 0.15) is 6.02 Å². The Morgan fingerprint density at radius 3 is 2.48 bits per heavy atom. The molecule has 1 amide bonds. The smallest absolute Gasteiger partial charge is 0.326 e. The quantitative estimate of drug-likeness (QED) is 0.844. The van der Waals surface area contributed by atoms with Crippen LogP contribution in [0, 0.1) is 17.8 Å². The minimum Gasteiger partial charge on any atom is -0.480 e. The van der Waals surface area contributed by atoms with E-state index in [0.29, 0.717) is 5.56 Å². The van der Waals surface area contributed by atoms with Crippen LogP contribution in [0.5, 0.6) is 0 Å². The summed E-state index contributed by atoms with van der Waals surface area (Å²) in [7, 11) is 0. The molecule has 1 saturated carbocycles. The first kappa shape index (κ1) is 10.1. The molecule has 0 heterocycles. The number of hydrogen-bond donors (Lipinski definition) is 2. The molecule has 1 aromatic rings. The van der Waals surface area contributed by atoms with Gasteiger partial charge >= 0.3 is 5.97 Å². The molecule has 126 valence electrons. The molecule has 0 bridgehead atoms. The van der Waals surface area contributed by atoms with Gasteiger partial charge in [-0.2, -0.15) is 0 Å². The van der Waals surface area contributed by atoms with Crippen LogP contribution >= 0.6 is 0 Å². The molecular formula is C19H27NO3. The minimum absolute atomic E-state index is 0.204. The number of rotatable bonds is 6. The van der Waals surface area contributed by atoms with Crippen LogP contribution in [0.3, 0.4) is 0 Å². The van der Waals surface area contributed by atoms with Crippen molar-refractivity contribution in [3.8, 4) is 0 Å². The van der Waals surface area contributed by atoms with Crippen molar-refractivity contribution in [3.63, 3.8) is 0 Å². The van der Waals surface area contributed by atoms with Crippen molar-refractivity contribution in [2.24, 2.45) is 17.8 Å². The molecule has 2 rings (SSSR count). The van der Waals surface area contributed by atoms with Crippen molar-refractivity contribution in [3.05, 3.63) is 35.9 Å². The Kier molecular flexibility index (Phi) is 3.58. The number of carbonyl (C=O) groups is 2. The molecule has 0 spiro atoms. The second-order valence-corrected chi connectivity index (χ2v) is 6.02. The van der Waals surface area contributed by atoms with Gasteiger partial charge in [-0.05, 0) is 43.1 Å². The average molecular weight is 324 g/mol. The summed E-state index contributed by atoms with van der Waals surface area (Å²) in [4.78, 5) is 24.3. The Morgan fingerprint density at radius 2 is 1.91 bits per heavy atom. The maximum Gasteiger partial charge on any atom is 0.326 e. The van der Waals surface area contributed by atoms with Gasteiger partial charge in [-0.3, -0.25) is 4.79 Å². The van der Waals surface area contributed by atoms with E-state index in [1.807, 2.05) is 0 Å². The first-order chi connectivity index (χ1) is 13.7. The maximum atomic E-state index is 12.7. The summed E-state index contributed by atoms with van der Waals surface area (Å²) in [5, 5.41) is 11.8. The second kappa shape index (κ2) is 8.14. The fourth-order valence-corrected chi connectivity index (χ4v) is 2.94. The van der Waals surface area contributed by atoms with E-state index in [1.54, 1.807) is 30.3 Å². The molecule has 0 aromatic heterocycles. The Balaban J connectivity index is 2.04. The number of nitrogens with one attached hydrogen (secondary N) is 1. The Bertz CT molecular complexity index is 729. The number of carbonyl (C=O) groups excluding carboxylic acids is 1. The van der Waals surface area contributed by atoms with Gasteiger partial charge < -0.3 is 10.4 Å². The van der Waals surface area contributed by atoms with Gasteiger partial charge in [0.05, 0.1) is 1.37 Å². The molecule has 1 aliphatic rings. The highest BCUT2D eigenvalue weighted by Crippen LogP contribution is 2.33. The van der Waals surface area contributed by atoms with E-state index in [1.165, 1.54) is 0 Å². The summed E-state index contributed by atoms with van der Waals surface area (Å²) >= 11 is 0. The van der Waals surface area contributed by atoms with Gasteiger partial charge in [0.2, 0.25) is 5.91 Å². The largest absolute Gasteiger partial charge is 0.480 e. The van der Waals surface area contributed by atoms with E-state index in [0.717, 1.165) is 0 Å². The molecule has 0 saturated heterocycles. The number of amides is 1. The SMILES string of the molecule is [2H]C(Cc1ccccc1)(NC(=O)[C@H]1CC[C@H](C(C([2H])([2H])[2H])C([2H])([2H])[2H])CC1)C(=O)O. The lowest BCUT2D eigenvalue weighted by molar-refractivity contribution is -0.142. The van der Waals surface area contributed by atoms with Gasteiger partial charge in [-0.1, -0.05) is 44.0 Å². The van der Waals surface area contributed by atoms with Gasteiger partial charge in [0.25, 0.3) is 0 Å². The van der Waals surface area contributed by atoms with E-state index in [-0.39, 0.29) is 32.1 Å². The van der Waals surface area contributed by atoms with Crippen molar-refractivity contribution in [2.75, 3.05) is 0 Å². The van der Waals surface area contributed by atoms with Gasteiger partial charge in [0.15, 0.2) is 0 Å².